The topological polar surface area (TPSA) is 49.3 Å². The van der Waals surface area contributed by atoms with Gasteiger partial charge in [-0.05, 0) is 69.4 Å². The van der Waals surface area contributed by atoms with E-state index < -0.39 is 5.60 Å². The van der Waals surface area contributed by atoms with Crippen molar-refractivity contribution in [3.05, 3.63) is 29.8 Å². The summed E-state index contributed by atoms with van der Waals surface area (Å²) in [5.41, 5.74) is 1.16. The van der Waals surface area contributed by atoms with E-state index in [1.807, 2.05) is 31.2 Å². The maximum absolute atomic E-state index is 12.9. The van der Waals surface area contributed by atoms with E-state index >= 15 is 0 Å². The third-order valence-corrected chi connectivity index (χ3v) is 5.82. The van der Waals surface area contributed by atoms with E-state index in [2.05, 4.69) is 5.32 Å². The molecule has 1 aromatic rings. The van der Waals surface area contributed by atoms with Crippen LogP contribution in [0.4, 0.5) is 5.69 Å². The molecule has 0 aliphatic heterocycles. The molecule has 1 aromatic carbocycles. The molecule has 0 aromatic heterocycles. The number of hydrogen-bond donors (Lipinski definition) is 2. The molecule has 2 atom stereocenters. The maximum Gasteiger partial charge on any atom is 0.230 e. The summed E-state index contributed by atoms with van der Waals surface area (Å²) in [6.45, 7) is 2.04. The van der Waals surface area contributed by atoms with E-state index in [0.717, 1.165) is 31.4 Å². The lowest BCUT2D eigenvalue weighted by atomic mass is 9.47. The molecule has 1 amide bonds. The minimum Gasteiger partial charge on any atom is -0.390 e. The van der Waals surface area contributed by atoms with Crippen LogP contribution < -0.4 is 5.32 Å². The van der Waals surface area contributed by atoms with Crippen LogP contribution in [-0.2, 0) is 4.79 Å². The second-order valence-corrected chi connectivity index (χ2v) is 7.79. The van der Waals surface area contributed by atoms with Crippen LogP contribution in [0, 0.1) is 24.2 Å². The number of hydrogen-bond acceptors (Lipinski definition) is 2. The Hall–Kier alpha value is -1.35. The summed E-state index contributed by atoms with van der Waals surface area (Å²) in [5, 5.41) is 13.8. The maximum atomic E-state index is 12.9. The van der Waals surface area contributed by atoms with Crippen molar-refractivity contribution in [3.8, 4) is 0 Å². The molecule has 3 heteroatoms. The van der Waals surface area contributed by atoms with E-state index in [9.17, 15) is 9.90 Å². The number of anilines is 1. The Morgan fingerprint density at radius 3 is 2.33 bits per heavy atom. The Kier molecular flexibility index (Phi) is 2.74. The molecule has 3 nitrogen and oxygen atoms in total. The van der Waals surface area contributed by atoms with Crippen LogP contribution in [0.25, 0.3) is 0 Å². The minimum atomic E-state index is -0.575. The molecule has 0 saturated heterocycles. The van der Waals surface area contributed by atoms with E-state index in [1.165, 1.54) is 12.0 Å². The number of carbonyl (C=O) groups is 1. The fourth-order valence-corrected chi connectivity index (χ4v) is 5.38. The standard InChI is InChI=1S/C18H23NO2/c1-12-2-4-15(5-3-12)19-16(20)17-7-13-6-14(8-17)10-18(21,9-13)11-17/h2-5,13-14,21H,6-11H2,1H3,(H,19,20)/t13-,14-,17?,18?/m1/s1. The largest absolute Gasteiger partial charge is 0.390 e. The average molecular weight is 285 g/mol. The molecule has 4 aliphatic carbocycles. The second-order valence-electron chi connectivity index (χ2n) is 7.79. The Morgan fingerprint density at radius 2 is 1.76 bits per heavy atom. The van der Waals surface area contributed by atoms with Gasteiger partial charge in [-0.15, -0.1) is 0 Å². The first-order valence-corrected chi connectivity index (χ1v) is 8.07. The summed E-state index contributed by atoms with van der Waals surface area (Å²) in [6.07, 6.45) is 5.60. The third-order valence-electron chi connectivity index (χ3n) is 5.82. The molecule has 21 heavy (non-hydrogen) atoms. The van der Waals surface area contributed by atoms with Crippen LogP contribution in [0.2, 0.25) is 0 Å². The van der Waals surface area contributed by atoms with Gasteiger partial charge in [0.05, 0.1) is 11.0 Å². The zero-order valence-electron chi connectivity index (χ0n) is 12.6. The summed E-state index contributed by atoms with van der Waals surface area (Å²) < 4.78 is 0. The molecule has 0 heterocycles. The number of rotatable bonds is 2. The van der Waals surface area contributed by atoms with Gasteiger partial charge in [0.1, 0.15) is 0 Å². The molecular formula is C18H23NO2. The van der Waals surface area contributed by atoms with Crippen LogP contribution in [0.3, 0.4) is 0 Å². The monoisotopic (exact) mass is 285 g/mol. The van der Waals surface area contributed by atoms with E-state index in [-0.39, 0.29) is 11.3 Å². The number of benzene rings is 1. The van der Waals surface area contributed by atoms with Gasteiger partial charge in [0.15, 0.2) is 0 Å². The summed E-state index contributed by atoms with van der Waals surface area (Å²) in [6, 6.07) is 7.95. The second kappa shape index (κ2) is 4.33. The lowest BCUT2D eigenvalue weighted by Crippen LogP contribution is -2.59. The summed E-state index contributed by atoms with van der Waals surface area (Å²) in [5.74, 6) is 1.21. The molecule has 4 fully saturated rings. The highest BCUT2D eigenvalue weighted by atomic mass is 16.3. The van der Waals surface area contributed by atoms with Gasteiger partial charge in [0, 0.05) is 5.69 Å². The predicted molar refractivity (Wildman–Crippen MR) is 81.9 cm³/mol. The minimum absolute atomic E-state index is 0.124. The smallest absolute Gasteiger partial charge is 0.230 e. The summed E-state index contributed by atoms with van der Waals surface area (Å²) in [4.78, 5) is 12.9. The number of nitrogens with one attached hydrogen (secondary N) is 1. The molecule has 2 N–H and O–H groups in total. The molecule has 4 bridgehead atoms. The zero-order chi connectivity index (χ0) is 14.7. The van der Waals surface area contributed by atoms with Crippen molar-refractivity contribution < 1.29 is 9.90 Å². The average Bonchev–Trinajstić information content (AvgIpc) is 2.38. The first kappa shape index (κ1) is 13.3. The van der Waals surface area contributed by atoms with Gasteiger partial charge in [0.2, 0.25) is 5.91 Å². The molecule has 4 saturated carbocycles. The highest BCUT2D eigenvalue weighted by molar-refractivity contribution is 5.95. The van der Waals surface area contributed by atoms with Crippen LogP contribution in [0.5, 0.6) is 0 Å². The molecule has 0 unspecified atom stereocenters. The van der Waals surface area contributed by atoms with Gasteiger partial charge in [0.25, 0.3) is 0 Å². The Morgan fingerprint density at radius 1 is 1.14 bits per heavy atom. The Labute approximate surface area is 125 Å². The van der Waals surface area contributed by atoms with Gasteiger partial charge in [-0.1, -0.05) is 17.7 Å². The van der Waals surface area contributed by atoms with Gasteiger partial charge in [-0.25, -0.2) is 0 Å². The van der Waals surface area contributed by atoms with Gasteiger partial charge < -0.3 is 10.4 Å². The van der Waals surface area contributed by atoms with Crippen molar-refractivity contribution in [3.63, 3.8) is 0 Å². The highest BCUT2D eigenvalue weighted by Crippen LogP contribution is 2.61. The van der Waals surface area contributed by atoms with E-state index in [0.29, 0.717) is 18.3 Å². The van der Waals surface area contributed by atoms with Crippen LogP contribution in [-0.4, -0.2) is 16.6 Å². The van der Waals surface area contributed by atoms with Crippen molar-refractivity contribution in [1.82, 2.24) is 0 Å². The van der Waals surface area contributed by atoms with Crippen LogP contribution >= 0.6 is 0 Å². The van der Waals surface area contributed by atoms with Crippen LogP contribution in [0.1, 0.15) is 44.1 Å². The van der Waals surface area contributed by atoms with Crippen molar-refractivity contribution >= 4 is 11.6 Å². The molecule has 5 rings (SSSR count). The van der Waals surface area contributed by atoms with Crippen molar-refractivity contribution in [2.24, 2.45) is 17.3 Å². The van der Waals surface area contributed by atoms with E-state index in [1.54, 1.807) is 0 Å². The van der Waals surface area contributed by atoms with Crippen molar-refractivity contribution in [2.75, 3.05) is 5.32 Å². The molecule has 112 valence electrons. The fraction of sp³-hybridized carbons (Fsp3) is 0.611. The highest BCUT2D eigenvalue weighted by Gasteiger charge is 2.60. The number of aryl methyl sites for hydroxylation is 1. The summed E-state index contributed by atoms with van der Waals surface area (Å²) >= 11 is 0. The quantitative estimate of drug-likeness (QED) is 0.876. The molecule has 0 radical (unpaired) electrons. The summed E-state index contributed by atoms with van der Waals surface area (Å²) in [7, 11) is 0. The van der Waals surface area contributed by atoms with Gasteiger partial charge >= 0.3 is 0 Å². The number of carbonyl (C=O) groups excluding carboxylic acids is 1. The number of aliphatic hydroxyl groups is 1. The van der Waals surface area contributed by atoms with Crippen LogP contribution in [0.15, 0.2) is 24.3 Å². The molecule has 0 spiro atoms. The normalized spacial score (nSPS) is 40.3. The molecule has 4 aliphatic rings. The molecular weight excluding hydrogens is 262 g/mol. The first-order chi connectivity index (χ1) is 9.96. The van der Waals surface area contributed by atoms with Crippen molar-refractivity contribution in [2.45, 2.75) is 51.0 Å². The third kappa shape index (κ3) is 2.18. The van der Waals surface area contributed by atoms with E-state index in [4.69, 9.17) is 0 Å². The lowest BCUT2D eigenvalue weighted by molar-refractivity contribution is -0.174. The number of amides is 1. The van der Waals surface area contributed by atoms with Gasteiger partial charge in [-0.2, -0.15) is 0 Å². The van der Waals surface area contributed by atoms with Gasteiger partial charge in [-0.3, -0.25) is 4.79 Å². The predicted octanol–water partition coefficient (Wildman–Crippen LogP) is 3.26. The zero-order valence-corrected chi connectivity index (χ0v) is 12.6. The Bertz CT molecular complexity index is 563. The SMILES string of the molecule is Cc1ccc(NC(=O)C23C[C@H]4C[C@@H](CC(O)(C4)C2)C3)cc1. The van der Waals surface area contributed by atoms with Crippen molar-refractivity contribution in [1.29, 1.82) is 0 Å². The first-order valence-electron chi connectivity index (χ1n) is 8.07. The lowest BCUT2D eigenvalue weighted by Gasteiger charge is -2.59. The fourth-order valence-electron chi connectivity index (χ4n) is 5.38. The Balaban J connectivity index is 1.57.